The lowest BCUT2D eigenvalue weighted by molar-refractivity contribution is -0.175. The van der Waals surface area contributed by atoms with Gasteiger partial charge in [0.2, 0.25) is 0 Å². The quantitative estimate of drug-likeness (QED) is 0.117. The summed E-state index contributed by atoms with van der Waals surface area (Å²) in [6.45, 7) is 15.6. The van der Waals surface area contributed by atoms with Crippen molar-refractivity contribution in [2.75, 3.05) is 12.3 Å². The first-order valence-electron chi connectivity index (χ1n) is 18.0. The molecule has 5 rings (SSSR count). The Hall–Kier alpha value is -4.04. The maximum atomic E-state index is 14.6. The van der Waals surface area contributed by atoms with Gasteiger partial charge in [0.25, 0.3) is 0 Å². The number of hydrogen-bond donors (Lipinski definition) is 2. The van der Waals surface area contributed by atoms with Gasteiger partial charge in [0.15, 0.2) is 18.0 Å². The largest absolute Gasteiger partial charge is 0.461 e. The van der Waals surface area contributed by atoms with Gasteiger partial charge < -0.3 is 29.2 Å². The lowest BCUT2D eigenvalue weighted by atomic mass is 9.87. The molecular formula is C37H52N5O10P. The van der Waals surface area contributed by atoms with Gasteiger partial charge >= 0.3 is 25.7 Å². The molecule has 1 aromatic carbocycles. The number of carbonyl (C=O) groups is 3. The number of fused-ring (bicyclic) bond motifs is 1. The highest BCUT2D eigenvalue weighted by molar-refractivity contribution is 7.52. The first-order chi connectivity index (χ1) is 24.8. The van der Waals surface area contributed by atoms with Gasteiger partial charge in [0.05, 0.1) is 24.1 Å². The van der Waals surface area contributed by atoms with E-state index >= 15 is 0 Å². The Labute approximate surface area is 310 Å². The summed E-state index contributed by atoms with van der Waals surface area (Å²) in [6, 6.07) is 9.35. The van der Waals surface area contributed by atoms with Crippen LogP contribution in [0.4, 0.5) is 5.82 Å². The Bertz CT molecular complexity index is 1840. The monoisotopic (exact) mass is 757 g/mol. The lowest BCUT2D eigenvalue weighted by Crippen LogP contribution is -2.46. The first kappa shape index (κ1) is 40.2. The molecule has 6 atom stereocenters. The molecule has 3 N–H and O–H groups in total. The molecule has 1 saturated heterocycles. The second-order valence-corrected chi connectivity index (χ2v) is 17.2. The van der Waals surface area contributed by atoms with E-state index in [0.29, 0.717) is 11.2 Å². The maximum Gasteiger partial charge on any atom is 0.459 e. The number of benzene rings is 1. The standard InChI is InChI=1S/C37H52N5O10P/c1-21(2)33(43)49-30-28(51-37(9,31(30)50-34(44)22(3)4)29-18-17-27-32(38)39-20-40-42(27)29)19-47-53(46,41-23(5)35(45)48-25-11-10-12-25)52-26-15-13-24(14-16-26)36(6,7)8/h13-18,20-23,25,28,30-31H,10-12,19H2,1-9H3,(H,41,46)(H2,38,39,40)/t23-,28+,30+,31+,37-,53-/m0/s1. The van der Waals surface area contributed by atoms with E-state index in [1.807, 2.05) is 12.1 Å². The van der Waals surface area contributed by atoms with Crippen LogP contribution in [0.25, 0.3) is 5.52 Å². The molecule has 0 spiro atoms. The van der Waals surface area contributed by atoms with Crippen molar-refractivity contribution >= 4 is 37.0 Å². The van der Waals surface area contributed by atoms with Gasteiger partial charge in [0.1, 0.15) is 41.4 Å². The summed E-state index contributed by atoms with van der Waals surface area (Å²) in [5.41, 5.74) is 6.39. The second-order valence-electron chi connectivity index (χ2n) is 15.5. The number of hydrogen-bond acceptors (Lipinski definition) is 13. The van der Waals surface area contributed by atoms with Crippen LogP contribution in [0, 0.1) is 11.8 Å². The number of nitrogens with zero attached hydrogens (tertiary/aromatic N) is 3. The molecule has 2 aliphatic rings. The number of ether oxygens (including phenoxy) is 4. The van der Waals surface area contributed by atoms with Crippen molar-refractivity contribution in [1.82, 2.24) is 19.7 Å². The molecule has 2 aromatic heterocycles. The average molecular weight is 758 g/mol. The molecule has 0 bridgehead atoms. The lowest BCUT2D eigenvalue weighted by Gasteiger charge is -2.31. The van der Waals surface area contributed by atoms with Crippen LogP contribution < -0.4 is 15.3 Å². The Morgan fingerprint density at radius 2 is 1.62 bits per heavy atom. The fourth-order valence-corrected chi connectivity index (χ4v) is 7.43. The molecule has 2 fully saturated rings. The zero-order valence-corrected chi connectivity index (χ0v) is 32.8. The zero-order chi connectivity index (χ0) is 38.9. The van der Waals surface area contributed by atoms with Crippen molar-refractivity contribution in [3.63, 3.8) is 0 Å². The summed E-state index contributed by atoms with van der Waals surface area (Å²) in [5.74, 6) is -2.44. The van der Waals surface area contributed by atoms with Crippen LogP contribution in [0.5, 0.6) is 5.75 Å². The molecule has 1 aliphatic carbocycles. The van der Waals surface area contributed by atoms with Crippen molar-refractivity contribution in [2.45, 2.75) is 123 Å². The molecule has 0 unspecified atom stereocenters. The van der Waals surface area contributed by atoms with Crippen molar-refractivity contribution in [3.8, 4) is 5.75 Å². The molecular weight excluding hydrogens is 705 g/mol. The fourth-order valence-electron chi connectivity index (χ4n) is 5.93. The highest BCUT2D eigenvalue weighted by Crippen LogP contribution is 2.49. The molecule has 1 aliphatic heterocycles. The Kier molecular flexibility index (Phi) is 11.9. The minimum atomic E-state index is -4.41. The van der Waals surface area contributed by atoms with Crippen LogP contribution in [-0.2, 0) is 53.4 Å². The predicted molar refractivity (Wildman–Crippen MR) is 195 cm³/mol. The molecule has 3 heterocycles. The third-order valence-corrected chi connectivity index (χ3v) is 11.1. The van der Waals surface area contributed by atoms with Gasteiger partial charge in [-0.05, 0) is 68.4 Å². The molecule has 0 amide bonds. The maximum absolute atomic E-state index is 14.6. The van der Waals surface area contributed by atoms with Gasteiger partial charge in [-0.2, -0.15) is 10.2 Å². The Balaban J connectivity index is 1.51. The minimum Gasteiger partial charge on any atom is -0.461 e. The third-order valence-electron chi connectivity index (χ3n) is 9.43. The number of nitrogen functional groups attached to an aromatic ring is 1. The molecule has 15 nitrogen and oxygen atoms in total. The summed E-state index contributed by atoms with van der Waals surface area (Å²) >= 11 is 0. The first-order valence-corrected chi connectivity index (χ1v) is 19.6. The number of anilines is 1. The summed E-state index contributed by atoms with van der Waals surface area (Å²) < 4.78 is 52.5. The summed E-state index contributed by atoms with van der Waals surface area (Å²) in [5, 5.41) is 7.09. The van der Waals surface area contributed by atoms with Crippen molar-refractivity contribution in [2.24, 2.45) is 11.8 Å². The van der Waals surface area contributed by atoms with E-state index in [9.17, 15) is 18.9 Å². The van der Waals surface area contributed by atoms with Gasteiger partial charge in [-0.1, -0.05) is 60.6 Å². The normalized spacial score (nSPS) is 23.7. The summed E-state index contributed by atoms with van der Waals surface area (Å²) in [4.78, 5) is 43.5. The topological polar surface area (TPSA) is 192 Å². The predicted octanol–water partition coefficient (Wildman–Crippen LogP) is 5.64. The summed E-state index contributed by atoms with van der Waals surface area (Å²) in [6.07, 6.45) is -0.0801. The molecule has 290 valence electrons. The van der Waals surface area contributed by atoms with E-state index in [2.05, 4.69) is 35.9 Å². The number of rotatable bonds is 14. The third kappa shape index (κ3) is 9.02. The van der Waals surface area contributed by atoms with Crippen LogP contribution in [-0.4, -0.2) is 69.6 Å². The second kappa shape index (κ2) is 15.7. The summed E-state index contributed by atoms with van der Waals surface area (Å²) in [7, 11) is -4.41. The smallest absolute Gasteiger partial charge is 0.459 e. The molecule has 1 saturated carbocycles. The molecule has 0 radical (unpaired) electrons. The number of carbonyl (C=O) groups excluding carboxylic acids is 3. The molecule has 16 heteroatoms. The van der Waals surface area contributed by atoms with Gasteiger partial charge in [-0.25, -0.2) is 14.1 Å². The molecule has 53 heavy (non-hydrogen) atoms. The Morgan fingerprint density at radius 1 is 0.981 bits per heavy atom. The van der Waals surface area contributed by atoms with Crippen molar-refractivity contribution < 1.29 is 46.9 Å². The number of esters is 3. The van der Waals surface area contributed by atoms with Gasteiger partial charge in [-0.15, -0.1) is 0 Å². The van der Waals surface area contributed by atoms with Crippen LogP contribution in [0.1, 0.15) is 92.8 Å². The van der Waals surface area contributed by atoms with E-state index in [1.165, 1.54) is 17.8 Å². The van der Waals surface area contributed by atoms with Crippen molar-refractivity contribution in [3.05, 3.63) is 54.0 Å². The number of nitrogens with one attached hydrogen (secondary N) is 1. The highest BCUT2D eigenvalue weighted by Gasteiger charge is 2.59. The van der Waals surface area contributed by atoms with Crippen LogP contribution in [0.3, 0.4) is 0 Å². The van der Waals surface area contributed by atoms with Crippen LogP contribution in [0.15, 0.2) is 42.7 Å². The van der Waals surface area contributed by atoms with Gasteiger partial charge in [0, 0.05) is 0 Å². The number of nitrogens with two attached hydrogens (primary N) is 1. The fraction of sp³-hybridized carbons (Fsp3) is 0.595. The van der Waals surface area contributed by atoms with Gasteiger partial charge in [-0.3, -0.25) is 18.9 Å². The minimum absolute atomic E-state index is 0.149. The van der Waals surface area contributed by atoms with E-state index in [1.54, 1.807) is 58.9 Å². The van der Waals surface area contributed by atoms with E-state index in [-0.39, 0.29) is 23.1 Å². The SMILES string of the molecule is CC(C)C(=O)O[C@H]1[C@@H](OC(=O)C(C)C)[C@](C)(c2ccc3c(N)ncnn23)O[C@@H]1CO[P@@](=O)(N[C@@H](C)C(=O)OC1CCC1)Oc1ccc(C(C)(C)C)cc1. The van der Waals surface area contributed by atoms with Crippen molar-refractivity contribution in [1.29, 1.82) is 0 Å². The highest BCUT2D eigenvalue weighted by atomic mass is 31.2. The molecule has 3 aromatic rings. The van der Waals surface area contributed by atoms with E-state index in [0.717, 1.165) is 24.8 Å². The van der Waals surface area contributed by atoms with Crippen LogP contribution >= 0.6 is 7.75 Å². The number of aromatic nitrogens is 3. The Morgan fingerprint density at radius 3 is 2.21 bits per heavy atom. The van der Waals surface area contributed by atoms with Crippen LogP contribution in [0.2, 0.25) is 0 Å². The average Bonchev–Trinajstić information content (AvgIpc) is 3.62. The zero-order valence-electron chi connectivity index (χ0n) is 31.9. The van der Waals surface area contributed by atoms with E-state index in [4.69, 9.17) is 33.7 Å². The van der Waals surface area contributed by atoms with E-state index < -0.39 is 74.1 Å².